The summed E-state index contributed by atoms with van der Waals surface area (Å²) in [6.45, 7) is 9.42. The summed E-state index contributed by atoms with van der Waals surface area (Å²) in [5.41, 5.74) is 1.16. The van der Waals surface area contributed by atoms with E-state index in [2.05, 4.69) is 29.7 Å². The van der Waals surface area contributed by atoms with Gasteiger partial charge in [0.1, 0.15) is 6.10 Å². The van der Waals surface area contributed by atoms with Crippen molar-refractivity contribution in [3.05, 3.63) is 34.9 Å². The molecular formula is C21H30ClN3O2. The minimum Gasteiger partial charge on any atom is -0.442 e. The lowest BCUT2D eigenvalue weighted by Crippen LogP contribution is -2.47. The van der Waals surface area contributed by atoms with Gasteiger partial charge >= 0.3 is 6.09 Å². The second-order valence-corrected chi connectivity index (χ2v) is 8.81. The molecule has 0 radical (unpaired) electrons. The highest BCUT2D eigenvalue weighted by Gasteiger charge is 2.48. The number of ether oxygens (including phenoxy) is 1. The largest absolute Gasteiger partial charge is 0.442 e. The Labute approximate surface area is 167 Å². The Bertz CT molecular complexity index is 675. The van der Waals surface area contributed by atoms with Gasteiger partial charge in [0, 0.05) is 36.7 Å². The molecule has 0 N–H and O–H groups in total. The molecule has 6 heteroatoms. The van der Waals surface area contributed by atoms with Crippen LogP contribution >= 0.6 is 11.6 Å². The van der Waals surface area contributed by atoms with Crippen LogP contribution in [0.2, 0.25) is 5.02 Å². The first kappa shape index (κ1) is 19.0. The first-order chi connectivity index (χ1) is 13.0. The Morgan fingerprint density at radius 3 is 2.70 bits per heavy atom. The predicted molar refractivity (Wildman–Crippen MR) is 107 cm³/mol. The van der Waals surface area contributed by atoms with Gasteiger partial charge < -0.3 is 9.64 Å². The first-order valence-electron chi connectivity index (χ1n) is 10.2. The van der Waals surface area contributed by atoms with Crippen LogP contribution in [0.4, 0.5) is 4.79 Å². The molecule has 0 unspecified atom stereocenters. The molecule has 5 nitrogen and oxygen atoms in total. The van der Waals surface area contributed by atoms with Gasteiger partial charge in [0.15, 0.2) is 0 Å². The van der Waals surface area contributed by atoms with Crippen LogP contribution in [0.15, 0.2) is 24.3 Å². The summed E-state index contributed by atoms with van der Waals surface area (Å²) in [6.07, 6.45) is 3.12. The summed E-state index contributed by atoms with van der Waals surface area (Å²) in [5, 5.41) is 0.745. The van der Waals surface area contributed by atoms with E-state index in [1.54, 1.807) is 0 Å². The molecule has 1 amide bonds. The molecule has 0 saturated carbocycles. The number of hydrogen-bond donors (Lipinski definition) is 0. The molecule has 3 fully saturated rings. The van der Waals surface area contributed by atoms with Gasteiger partial charge in [-0.15, -0.1) is 0 Å². The minimum absolute atomic E-state index is 0.0278. The maximum Gasteiger partial charge on any atom is 0.410 e. The molecule has 4 rings (SSSR count). The Morgan fingerprint density at radius 1 is 1.22 bits per heavy atom. The van der Waals surface area contributed by atoms with Crippen LogP contribution in [-0.4, -0.2) is 77.7 Å². The highest BCUT2D eigenvalue weighted by Crippen LogP contribution is 2.31. The van der Waals surface area contributed by atoms with Crippen molar-refractivity contribution in [3.63, 3.8) is 0 Å². The molecule has 3 heterocycles. The second kappa shape index (κ2) is 7.98. The number of amides is 1. The lowest BCUT2D eigenvalue weighted by atomic mass is 10.0. The van der Waals surface area contributed by atoms with E-state index < -0.39 is 0 Å². The number of piperidine rings is 1. The fraction of sp³-hybridized carbons (Fsp3) is 0.667. The van der Waals surface area contributed by atoms with Crippen LogP contribution in [0.25, 0.3) is 0 Å². The topological polar surface area (TPSA) is 36.0 Å². The van der Waals surface area contributed by atoms with Gasteiger partial charge in [-0.05, 0) is 63.9 Å². The number of benzene rings is 1. The van der Waals surface area contributed by atoms with E-state index in [9.17, 15) is 4.79 Å². The van der Waals surface area contributed by atoms with Crippen molar-refractivity contribution < 1.29 is 9.53 Å². The number of rotatable bonds is 5. The van der Waals surface area contributed by atoms with E-state index in [1.165, 1.54) is 25.9 Å². The monoisotopic (exact) mass is 391 g/mol. The molecule has 0 bridgehead atoms. The fourth-order valence-corrected chi connectivity index (χ4v) is 5.01. The van der Waals surface area contributed by atoms with Crippen molar-refractivity contribution in [2.45, 2.75) is 57.3 Å². The molecule has 2 atom stereocenters. The number of carbonyl (C=O) groups excluding carboxylic acids is 1. The van der Waals surface area contributed by atoms with Crippen LogP contribution in [0, 0.1) is 0 Å². The molecule has 1 aromatic carbocycles. The third kappa shape index (κ3) is 4.10. The zero-order valence-corrected chi connectivity index (χ0v) is 17.1. The predicted octanol–water partition coefficient (Wildman–Crippen LogP) is 3.26. The standard InChI is InChI=1S/C21H30ClN3O2/c1-15(2)23-9-7-18(8-10-23)24-13-19-20(14-24)27-21(26)25(19)11-6-16-4-3-5-17(22)12-16/h3-5,12,15,18-20H,6-11,13-14H2,1-2H3/t19-,20+/m1/s1. The van der Waals surface area contributed by atoms with Gasteiger partial charge in [-0.2, -0.15) is 0 Å². The zero-order chi connectivity index (χ0) is 19.0. The molecular weight excluding hydrogens is 362 g/mol. The van der Waals surface area contributed by atoms with E-state index in [4.69, 9.17) is 16.3 Å². The molecule has 1 aromatic rings. The third-order valence-electron chi connectivity index (χ3n) is 6.43. The van der Waals surface area contributed by atoms with Crippen LogP contribution in [-0.2, 0) is 11.2 Å². The molecule has 3 saturated heterocycles. The third-order valence-corrected chi connectivity index (χ3v) is 6.66. The number of carbonyl (C=O) groups is 1. The number of hydrogen-bond acceptors (Lipinski definition) is 4. The molecule has 0 aromatic heterocycles. The van der Waals surface area contributed by atoms with Crippen LogP contribution in [0.3, 0.4) is 0 Å². The average molecular weight is 392 g/mol. The molecule has 148 valence electrons. The smallest absolute Gasteiger partial charge is 0.410 e. The lowest BCUT2D eigenvalue weighted by Gasteiger charge is -2.38. The Morgan fingerprint density at radius 2 is 2.00 bits per heavy atom. The number of likely N-dealkylation sites (tertiary alicyclic amines) is 2. The summed E-state index contributed by atoms with van der Waals surface area (Å²) in [5.74, 6) is 0. The maximum absolute atomic E-state index is 12.3. The van der Waals surface area contributed by atoms with Gasteiger partial charge in [-0.3, -0.25) is 9.80 Å². The average Bonchev–Trinajstić information content (AvgIpc) is 3.17. The van der Waals surface area contributed by atoms with Crippen molar-refractivity contribution in [1.82, 2.24) is 14.7 Å². The summed E-state index contributed by atoms with van der Waals surface area (Å²) < 4.78 is 5.70. The van der Waals surface area contributed by atoms with Crippen molar-refractivity contribution in [3.8, 4) is 0 Å². The van der Waals surface area contributed by atoms with Crippen molar-refractivity contribution >= 4 is 17.7 Å². The molecule has 0 spiro atoms. The van der Waals surface area contributed by atoms with Crippen molar-refractivity contribution in [2.75, 3.05) is 32.7 Å². The molecule has 0 aliphatic carbocycles. The van der Waals surface area contributed by atoms with Crippen molar-refractivity contribution in [2.24, 2.45) is 0 Å². The number of halogens is 1. The number of fused-ring (bicyclic) bond motifs is 1. The van der Waals surface area contributed by atoms with E-state index >= 15 is 0 Å². The highest BCUT2D eigenvalue weighted by molar-refractivity contribution is 6.30. The van der Waals surface area contributed by atoms with Crippen LogP contribution in [0.5, 0.6) is 0 Å². The van der Waals surface area contributed by atoms with Crippen LogP contribution < -0.4 is 0 Å². The van der Waals surface area contributed by atoms with Gasteiger partial charge in [0.25, 0.3) is 0 Å². The summed E-state index contributed by atoms with van der Waals surface area (Å²) >= 11 is 6.08. The summed E-state index contributed by atoms with van der Waals surface area (Å²) in [4.78, 5) is 19.4. The fourth-order valence-electron chi connectivity index (χ4n) is 4.80. The maximum atomic E-state index is 12.3. The zero-order valence-electron chi connectivity index (χ0n) is 16.3. The number of nitrogens with zero attached hydrogens (tertiary/aromatic N) is 3. The minimum atomic E-state index is -0.152. The normalized spacial score (nSPS) is 27.4. The van der Waals surface area contributed by atoms with Gasteiger partial charge in [-0.1, -0.05) is 23.7 Å². The Kier molecular flexibility index (Phi) is 5.62. The van der Waals surface area contributed by atoms with Crippen LogP contribution in [0.1, 0.15) is 32.3 Å². The van der Waals surface area contributed by atoms with E-state index in [0.717, 1.165) is 30.1 Å². The lowest BCUT2D eigenvalue weighted by molar-refractivity contribution is 0.0802. The SMILES string of the molecule is CC(C)N1CCC(N2C[C@@H]3OC(=O)N(CCc4cccc(Cl)c4)[C@@H]3C2)CC1. The van der Waals surface area contributed by atoms with Gasteiger partial charge in [-0.25, -0.2) is 4.79 Å². The van der Waals surface area contributed by atoms with E-state index in [0.29, 0.717) is 18.6 Å². The summed E-state index contributed by atoms with van der Waals surface area (Å²) in [6, 6.07) is 9.33. The molecule has 27 heavy (non-hydrogen) atoms. The quantitative estimate of drug-likeness (QED) is 0.771. The van der Waals surface area contributed by atoms with E-state index in [-0.39, 0.29) is 18.2 Å². The van der Waals surface area contributed by atoms with Crippen molar-refractivity contribution in [1.29, 1.82) is 0 Å². The van der Waals surface area contributed by atoms with E-state index in [1.807, 2.05) is 23.1 Å². The highest BCUT2D eigenvalue weighted by atomic mass is 35.5. The Balaban J connectivity index is 1.33. The van der Waals surface area contributed by atoms with Gasteiger partial charge in [0.05, 0.1) is 6.04 Å². The summed E-state index contributed by atoms with van der Waals surface area (Å²) in [7, 11) is 0. The Hall–Kier alpha value is -1.30. The molecule has 3 aliphatic heterocycles. The van der Waals surface area contributed by atoms with Gasteiger partial charge in [0.2, 0.25) is 0 Å². The second-order valence-electron chi connectivity index (χ2n) is 8.38. The first-order valence-corrected chi connectivity index (χ1v) is 10.6. The molecule has 3 aliphatic rings.